The molecule has 37 heavy (non-hydrogen) atoms. The summed E-state index contributed by atoms with van der Waals surface area (Å²) in [5.41, 5.74) is 4.84. The predicted octanol–water partition coefficient (Wildman–Crippen LogP) is 4.26. The van der Waals surface area contributed by atoms with Crippen molar-refractivity contribution in [2.75, 3.05) is 39.0 Å². The van der Waals surface area contributed by atoms with Crippen LogP contribution in [0.5, 0.6) is 0 Å². The summed E-state index contributed by atoms with van der Waals surface area (Å²) < 4.78 is 2.15. The number of hydrogen-bond acceptors (Lipinski definition) is 6. The smallest absolute Gasteiger partial charge is 0.229 e. The van der Waals surface area contributed by atoms with Gasteiger partial charge in [0.1, 0.15) is 5.65 Å². The largest absolute Gasteiger partial charge is 0.350 e. The molecule has 1 aliphatic carbocycles. The summed E-state index contributed by atoms with van der Waals surface area (Å²) in [6.45, 7) is 7.10. The molecule has 8 nitrogen and oxygen atoms in total. The Labute approximate surface area is 218 Å². The quantitative estimate of drug-likeness (QED) is 0.261. The van der Waals surface area contributed by atoms with Gasteiger partial charge in [-0.2, -0.15) is 4.98 Å². The van der Waals surface area contributed by atoms with Crippen LogP contribution in [0, 0.1) is 0 Å². The number of aromatic amines is 1. The molecule has 0 radical (unpaired) electrons. The summed E-state index contributed by atoms with van der Waals surface area (Å²) in [6.07, 6.45) is 11.8. The fourth-order valence-corrected chi connectivity index (χ4v) is 5.37. The first-order valence-electron chi connectivity index (χ1n) is 13.1. The second-order valence-electron chi connectivity index (χ2n) is 10.0. The molecular formula is C29H38N8. The lowest BCUT2D eigenvalue weighted by molar-refractivity contribution is 0.269. The molecule has 8 heteroatoms. The third kappa shape index (κ3) is 4.92. The van der Waals surface area contributed by atoms with Gasteiger partial charge in [0.2, 0.25) is 5.95 Å². The number of aromatic nitrogens is 4. The molecule has 4 N–H and O–H groups in total. The lowest BCUT2D eigenvalue weighted by Crippen LogP contribution is -2.60. The van der Waals surface area contributed by atoms with E-state index in [2.05, 4.69) is 114 Å². The van der Waals surface area contributed by atoms with Crippen molar-refractivity contribution in [3.63, 3.8) is 0 Å². The lowest BCUT2D eigenvalue weighted by atomic mass is 9.82. The number of H-pyrrole nitrogens is 1. The minimum absolute atomic E-state index is 0.136. The Morgan fingerprint density at radius 2 is 1.92 bits per heavy atom. The molecule has 0 saturated heterocycles. The van der Waals surface area contributed by atoms with Gasteiger partial charge in [-0.15, -0.1) is 0 Å². The van der Waals surface area contributed by atoms with Crippen LogP contribution in [0.15, 0.2) is 66.7 Å². The zero-order chi connectivity index (χ0) is 26.0. The molecule has 2 atom stereocenters. The van der Waals surface area contributed by atoms with E-state index in [1.807, 2.05) is 12.3 Å². The van der Waals surface area contributed by atoms with Crippen LogP contribution >= 0.6 is 0 Å². The summed E-state index contributed by atoms with van der Waals surface area (Å²) in [5, 5.41) is 13.1. The van der Waals surface area contributed by atoms with E-state index in [1.54, 1.807) is 0 Å². The van der Waals surface area contributed by atoms with Gasteiger partial charge in [-0.05, 0) is 64.4 Å². The average Bonchev–Trinajstić information content (AvgIpc) is 3.49. The molecular weight excluding hydrogens is 460 g/mol. The van der Waals surface area contributed by atoms with E-state index in [0.717, 1.165) is 54.0 Å². The van der Waals surface area contributed by atoms with Crippen molar-refractivity contribution in [2.45, 2.75) is 31.8 Å². The summed E-state index contributed by atoms with van der Waals surface area (Å²) in [6, 6.07) is 10.6. The first-order valence-corrected chi connectivity index (χ1v) is 13.1. The van der Waals surface area contributed by atoms with E-state index in [-0.39, 0.29) is 11.6 Å². The van der Waals surface area contributed by atoms with Crippen LogP contribution in [0.3, 0.4) is 0 Å². The van der Waals surface area contributed by atoms with Crippen LogP contribution in [0.1, 0.15) is 20.3 Å². The highest BCUT2D eigenvalue weighted by Gasteiger charge is 2.36. The maximum atomic E-state index is 5.03. The number of fused-ring (bicyclic) bond motifs is 2. The summed E-state index contributed by atoms with van der Waals surface area (Å²) in [5.74, 6) is 0.577. The Morgan fingerprint density at radius 1 is 1.08 bits per heavy atom. The highest BCUT2D eigenvalue weighted by Crippen LogP contribution is 2.34. The Bertz CT molecular complexity index is 1440. The van der Waals surface area contributed by atoms with Crippen molar-refractivity contribution in [2.24, 2.45) is 7.05 Å². The monoisotopic (exact) mass is 498 g/mol. The number of allylic oxidation sites excluding steroid dienone is 1. The van der Waals surface area contributed by atoms with Gasteiger partial charge < -0.3 is 30.4 Å². The van der Waals surface area contributed by atoms with Crippen LogP contribution in [0.4, 0.5) is 5.95 Å². The zero-order valence-electron chi connectivity index (χ0n) is 22.5. The fourth-order valence-electron chi connectivity index (χ4n) is 5.37. The molecule has 2 unspecified atom stereocenters. The molecule has 0 aliphatic heterocycles. The molecule has 0 amide bonds. The standard InChI is InChI=1S/C29H38N8/c1-6-30-25-18-20(12-14-29(25,32-7-2)15-17-36(3)4)33-28-34-26(22-13-16-31-27(22)35-28)23-19-37(5)24-11-9-8-10-21(23)24/h8-14,16,18-19,25,30,32H,6-7,15,17H2,1-5H3,(H2,31,33,34,35). The number of para-hydroxylation sites is 1. The molecule has 5 rings (SSSR count). The topological polar surface area (TPSA) is 85.8 Å². The maximum absolute atomic E-state index is 5.03. The van der Waals surface area contributed by atoms with Crippen molar-refractivity contribution >= 4 is 27.9 Å². The van der Waals surface area contributed by atoms with Crippen LogP contribution in [-0.2, 0) is 7.05 Å². The molecule has 0 bridgehead atoms. The number of nitrogens with one attached hydrogen (secondary N) is 4. The maximum Gasteiger partial charge on any atom is 0.229 e. The first-order chi connectivity index (χ1) is 17.9. The van der Waals surface area contributed by atoms with Gasteiger partial charge in [0.15, 0.2) is 0 Å². The van der Waals surface area contributed by atoms with Crippen molar-refractivity contribution in [3.05, 3.63) is 66.7 Å². The van der Waals surface area contributed by atoms with E-state index in [0.29, 0.717) is 5.95 Å². The molecule has 3 aromatic heterocycles. The molecule has 0 spiro atoms. The van der Waals surface area contributed by atoms with Gasteiger partial charge in [-0.3, -0.25) is 0 Å². The van der Waals surface area contributed by atoms with Gasteiger partial charge in [-0.1, -0.05) is 38.1 Å². The average molecular weight is 499 g/mol. The normalized spacial score (nSPS) is 19.7. The molecule has 1 aromatic carbocycles. The Morgan fingerprint density at radius 3 is 2.70 bits per heavy atom. The van der Waals surface area contributed by atoms with E-state index in [9.17, 15) is 0 Å². The lowest BCUT2D eigenvalue weighted by Gasteiger charge is -2.41. The highest BCUT2D eigenvalue weighted by molar-refractivity contribution is 6.02. The van der Waals surface area contributed by atoms with Crippen LogP contribution < -0.4 is 16.0 Å². The van der Waals surface area contributed by atoms with Crippen molar-refractivity contribution < 1.29 is 0 Å². The molecule has 194 valence electrons. The minimum atomic E-state index is -0.154. The van der Waals surface area contributed by atoms with Gasteiger partial charge in [0.25, 0.3) is 0 Å². The number of likely N-dealkylation sites (N-methyl/N-ethyl adjacent to an activating group) is 2. The van der Waals surface area contributed by atoms with Gasteiger partial charge >= 0.3 is 0 Å². The number of hydrogen-bond donors (Lipinski definition) is 4. The summed E-state index contributed by atoms with van der Waals surface area (Å²) in [7, 11) is 6.32. The Hall–Kier alpha value is -3.46. The molecule has 3 heterocycles. The van der Waals surface area contributed by atoms with Gasteiger partial charge in [0.05, 0.1) is 11.2 Å². The van der Waals surface area contributed by atoms with Crippen molar-refractivity contribution in [1.29, 1.82) is 0 Å². The Balaban J connectivity index is 1.51. The third-order valence-corrected chi connectivity index (χ3v) is 7.19. The first kappa shape index (κ1) is 25.2. The number of nitrogens with zero attached hydrogens (tertiary/aromatic N) is 4. The number of anilines is 1. The molecule has 1 aliphatic rings. The van der Waals surface area contributed by atoms with Crippen LogP contribution in [0.25, 0.3) is 33.2 Å². The SMILES string of the molecule is CCNC1C=C(Nc2nc(-c3cn(C)c4ccccc34)c3cc[nH]c3n2)C=CC1(CCN(C)C)NCC. The molecule has 4 aromatic rings. The number of aryl methyl sites for hydroxylation is 1. The fraction of sp³-hybridized carbons (Fsp3) is 0.379. The zero-order valence-corrected chi connectivity index (χ0v) is 22.5. The van der Waals surface area contributed by atoms with E-state index < -0.39 is 0 Å². The Kier molecular flexibility index (Phi) is 7.15. The van der Waals surface area contributed by atoms with Gasteiger partial charge in [0, 0.05) is 53.0 Å². The second kappa shape index (κ2) is 10.5. The van der Waals surface area contributed by atoms with E-state index >= 15 is 0 Å². The molecule has 0 saturated carbocycles. The van der Waals surface area contributed by atoms with E-state index in [4.69, 9.17) is 9.97 Å². The number of benzene rings is 1. The number of rotatable bonds is 10. The van der Waals surface area contributed by atoms with E-state index in [1.165, 1.54) is 10.9 Å². The van der Waals surface area contributed by atoms with Crippen molar-refractivity contribution in [1.82, 2.24) is 35.1 Å². The van der Waals surface area contributed by atoms with Gasteiger partial charge in [-0.25, -0.2) is 4.98 Å². The predicted molar refractivity (Wildman–Crippen MR) is 154 cm³/mol. The molecule has 0 fully saturated rings. The highest BCUT2D eigenvalue weighted by atomic mass is 15.1. The third-order valence-electron chi connectivity index (χ3n) is 7.19. The summed E-state index contributed by atoms with van der Waals surface area (Å²) in [4.78, 5) is 15.4. The van der Waals surface area contributed by atoms with Crippen LogP contribution in [0.2, 0.25) is 0 Å². The minimum Gasteiger partial charge on any atom is -0.350 e. The second-order valence-corrected chi connectivity index (χ2v) is 10.0. The van der Waals surface area contributed by atoms with Crippen molar-refractivity contribution in [3.8, 4) is 11.3 Å². The summed E-state index contributed by atoms with van der Waals surface area (Å²) >= 11 is 0. The van der Waals surface area contributed by atoms with Crippen LogP contribution in [-0.4, -0.2) is 69.7 Å².